The van der Waals surface area contributed by atoms with E-state index in [9.17, 15) is 21.6 Å². The Morgan fingerprint density at radius 3 is 2.21 bits per heavy atom. The lowest BCUT2D eigenvalue weighted by atomic mass is 10.4. The predicted octanol–water partition coefficient (Wildman–Crippen LogP) is 1.70. The first-order chi connectivity index (χ1) is 10.7. The van der Waals surface area contributed by atoms with Gasteiger partial charge in [0, 0.05) is 26.7 Å². The Kier molecular flexibility index (Phi) is 10.2. The molecular formula is C13H20F3IN4O2S. The van der Waals surface area contributed by atoms with Crippen molar-refractivity contribution in [3.05, 3.63) is 30.3 Å². The normalized spacial score (nSPS) is 12.4. The minimum absolute atomic E-state index is 0. The number of aliphatic imine (C=N–C) groups is 1. The van der Waals surface area contributed by atoms with Crippen molar-refractivity contribution in [2.45, 2.75) is 17.5 Å². The van der Waals surface area contributed by atoms with Gasteiger partial charge in [0.1, 0.15) is 0 Å². The molecule has 24 heavy (non-hydrogen) atoms. The molecule has 1 rings (SSSR count). The van der Waals surface area contributed by atoms with E-state index >= 15 is 0 Å². The number of nitrogens with zero attached hydrogens (tertiary/aromatic N) is 1. The average molecular weight is 480 g/mol. The molecule has 3 N–H and O–H groups in total. The summed E-state index contributed by atoms with van der Waals surface area (Å²) in [7, 11) is -2.19. The number of halogens is 4. The summed E-state index contributed by atoms with van der Waals surface area (Å²) in [5.74, 6) is 0.174. The number of sulfonamides is 1. The van der Waals surface area contributed by atoms with Crippen LogP contribution in [0.2, 0.25) is 0 Å². The predicted molar refractivity (Wildman–Crippen MR) is 97.1 cm³/mol. The third-order valence-corrected chi connectivity index (χ3v) is 4.16. The van der Waals surface area contributed by atoms with Crippen LogP contribution >= 0.6 is 24.0 Å². The molecule has 0 fully saturated rings. The van der Waals surface area contributed by atoms with Crippen LogP contribution in [0.5, 0.6) is 0 Å². The van der Waals surface area contributed by atoms with Crippen LogP contribution in [-0.2, 0) is 10.0 Å². The van der Waals surface area contributed by atoms with Crippen molar-refractivity contribution in [1.29, 1.82) is 0 Å². The van der Waals surface area contributed by atoms with Crippen LogP contribution in [0.4, 0.5) is 13.2 Å². The molecule has 0 aliphatic heterocycles. The minimum Gasteiger partial charge on any atom is -0.356 e. The maximum absolute atomic E-state index is 12.0. The van der Waals surface area contributed by atoms with Gasteiger partial charge in [-0.1, -0.05) is 18.2 Å². The lowest BCUT2D eigenvalue weighted by Gasteiger charge is -2.13. The molecule has 0 amide bonds. The van der Waals surface area contributed by atoms with Crippen LogP contribution in [-0.4, -0.2) is 47.2 Å². The molecule has 11 heteroatoms. The van der Waals surface area contributed by atoms with E-state index in [2.05, 4.69) is 20.3 Å². The van der Waals surface area contributed by atoms with E-state index in [1.807, 2.05) is 0 Å². The van der Waals surface area contributed by atoms with Gasteiger partial charge in [-0.2, -0.15) is 13.2 Å². The summed E-state index contributed by atoms with van der Waals surface area (Å²) in [5, 5.41) is 5.22. The van der Waals surface area contributed by atoms with E-state index in [4.69, 9.17) is 0 Å². The Hall–Kier alpha value is -1.08. The second-order valence-corrected chi connectivity index (χ2v) is 6.27. The molecule has 1 aromatic rings. The third-order valence-electron chi connectivity index (χ3n) is 2.69. The zero-order chi connectivity index (χ0) is 17.3. The molecule has 0 saturated heterocycles. The molecule has 0 aliphatic rings. The summed E-state index contributed by atoms with van der Waals surface area (Å²) in [6.07, 6.45) is -5.22. The van der Waals surface area contributed by atoms with Crippen LogP contribution in [0.25, 0.3) is 0 Å². The van der Waals surface area contributed by atoms with E-state index in [1.165, 1.54) is 19.2 Å². The van der Waals surface area contributed by atoms with Crippen molar-refractivity contribution < 1.29 is 21.6 Å². The smallest absolute Gasteiger partial charge is 0.356 e. The van der Waals surface area contributed by atoms with Crippen LogP contribution < -0.4 is 15.4 Å². The first kappa shape index (κ1) is 22.9. The van der Waals surface area contributed by atoms with Gasteiger partial charge in [-0.3, -0.25) is 4.99 Å². The lowest BCUT2D eigenvalue weighted by Crippen LogP contribution is -2.42. The molecule has 0 unspecified atom stereocenters. The van der Waals surface area contributed by atoms with Gasteiger partial charge in [-0.25, -0.2) is 13.1 Å². The zero-order valence-corrected chi connectivity index (χ0v) is 16.1. The van der Waals surface area contributed by atoms with Crippen molar-refractivity contribution in [3.8, 4) is 0 Å². The summed E-state index contributed by atoms with van der Waals surface area (Å²) >= 11 is 0. The molecule has 0 aromatic heterocycles. The van der Waals surface area contributed by atoms with Crippen LogP contribution in [0.1, 0.15) is 6.42 Å². The van der Waals surface area contributed by atoms with Gasteiger partial charge in [-0.05, 0) is 12.1 Å². The molecule has 0 radical (unpaired) electrons. The van der Waals surface area contributed by atoms with E-state index in [-0.39, 0.29) is 54.5 Å². The fourth-order valence-electron chi connectivity index (χ4n) is 1.59. The SMILES string of the molecule is CN=C(NCCNS(=O)(=O)c1ccccc1)NCCC(F)(F)F.I. The van der Waals surface area contributed by atoms with Crippen molar-refractivity contribution in [2.75, 3.05) is 26.7 Å². The molecule has 1 aromatic carbocycles. The topological polar surface area (TPSA) is 82.6 Å². The Morgan fingerprint density at radius 1 is 1.08 bits per heavy atom. The van der Waals surface area contributed by atoms with Crippen LogP contribution in [0, 0.1) is 0 Å². The van der Waals surface area contributed by atoms with Gasteiger partial charge in [0.15, 0.2) is 5.96 Å². The standard InChI is InChI=1S/C13H19F3N4O2S.HI/c1-17-12(18-8-7-13(14,15)16)19-9-10-20-23(21,22)11-5-3-2-4-6-11;/h2-6,20H,7-10H2,1H3,(H2,17,18,19);1H. The highest BCUT2D eigenvalue weighted by Crippen LogP contribution is 2.17. The van der Waals surface area contributed by atoms with Gasteiger partial charge in [0.2, 0.25) is 10.0 Å². The fourth-order valence-corrected chi connectivity index (χ4v) is 2.65. The minimum atomic E-state index is -4.24. The number of alkyl halides is 3. The van der Waals surface area contributed by atoms with Gasteiger partial charge in [0.05, 0.1) is 11.3 Å². The summed E-state index contributed by atoms with van der Waals surface area (Å²) < 4.78 is 62.3. The molecule has 0 spiro atoms. The molecule has 6 nitrogen and oxygen atoms in total. The number of hydrogen-bond donors (Lipinski definition) is 3. The Bertz CT molecular complexity index is 609. The van der Waals surface area contributed by atoms with Crippen LogP contribution in [0.3, 0.4) is 0 Å². The molecular weight excluding hydrogens is 460 g/mol. The zero-order valence-electron chi connectivity index (χ0n) is 12.9. The quantitative estimate of drug-likeness (QED) is 0.240. The van der Waals surface area contributed by atoms with E-state index < -0.39 is 22.6 Å². The first-order valence-electron chi connectivity index (χ1n) is 6.80. The molecule has 0 saturated carbocycles. The monoisotopic (exact) mass is 480 g/mol. The van der Waals surface area contributed by atoms with Crippen molar-refractivity contribution in [3.63, 3.8) is 0 Å². The van der Waals surface area contributed by atoms with Crippen molar-refractivity contribution in [2.24, 2.45) is 4.99 Å². The highest BCUT2D eigenvalue weighted by atomic mass is 127. The molecule has 0 heterocycles. The van der Waals surface area contributed by atoms with Crippen LogP contribution in [0.15, 0.2) is 40.2 Å². The van der Waals surface area contributed by atoms with Gasteiger partial charge >= 0.3 is 6.18 Å². The fraction of sp³-hybridized carbons (Fsp3) is 0.462. The molecule has 138 valence electrons. The van der Waals surface area contributed by atoms with Gasteiger partial charge in [-0.15, -0.1) is 24.0 Å². The van der Waals surface area contributed by atoms with Crippen molar-refractivity contribution in [1.82, 2.24) is 15.4 Å². The largest absolute Gasteiger partial charge is 0.390 e. The van der Waals surface area contributed by atoms with E-state index in [1.54, 1.807) is 18.2 Å². The Morgan fingerprint density at radius 2 is 1.67 bits per heavy atom. The number of hydrogen-bond acceptors (Lipinski definition) is 3. The highest BCUT2D eigenvalue weighted by molar-refractivity contribution is 14.0. The number of guanidine groups is 1. The maximum Gasteiger partial charge on any atom is 0.390 e. The Balaban J connectivity index is 0.00000529. The second kappa shape index (κ2) is 10.7. The van der Waals surface area contributed by atoms with E-state index in [0.29, 0.717) is 0 Å². The summed E-state index contributed by atoms with van der Waals surface area (Å²) in [5.41, 5.74) is 0. The maximum atomic E-state index is 12.0. The second-order valence-electron chi connectivity index (χ2n) is 4.50. The Labute approximate surface area is 156 Å². The molecule has 0 bridgehead atoms. The number of nitrogens with one attached hydrogen (secondary N) is 3. The lowest BCUT2D eigenvalue weighted by molar-refractivity contribution is -0.132. The van der Waals surface area contributed by atoms with Gasteiger partial charge < -0.3 is 10.6 Å². The van der Waals surface area contributed by atoms with Crippen molar-refractivity contribution >= 4 is 40.0 Å². The van der Waals surface area contributed by atoms with E-state index in [0.717, 1.165) is 0 Å². The molecule has 0 atom stereocenters. The molecule has 0 aliphatic carbocycles. The number of benzene rings is 1. The third kappa shape index (κ3) is 9.27. The summed E-state index contributed by atoms with van der Waals surface area (Å²) in [6.45, 7) is -0.0616. The summed E-state index contributed by atoms with van der Waals surface area (Å²) in [4.78, 5) is 3.90. The average Bonchev–Trinajstić information content (AvgIpc) is 2.49. The highest BCUT2D eigenvalue weighted by Gasteiger charge is 2.26. The van der Waals surface area contributed by atoms with Gasteiger partial charge in [0.25, 0.3) is 0 Å². The summed E-state index contributed by atoms with van der Waals surface area (Å²) in [6, 6.07) is 7.86. The number of rotatable bonds is 7. The first-order valence-corrected chi connectivity index (χ1v) is 8.29.